The Hall–Kier alpha value is -0.450. The van der Waals surface area contributed by atoms with Gasteiger partial charge in [0.2, 0.25) is 0 Å². The number of nitrogens with zero attached hydrogens (tertiary/aromatic N) is 2. The maximum atomic E-state index is 6.24. The van der Waals surface area contributed by atoms with Gasteiger partial charge in [0.05, 0.1) is 0 Å². The zero-order valence-electron chi connectivity index (χ0n) is 11.9. The first kappa shape index (κ1) is 13.5. The first-order chi connectivity index (χ1) is 9.25. The summed E-state index contributed by atoms with van der Waals surface area (Å²) in [5.41, 5.74) is 10.6. The molecule has 19 heavy (non-hydrogen) atoms. The van der Waals surface area contributed by atoms with Gasteiger partial charge in [-0.2, -0.15) is 11.8 Å². The Balaban J connectivity index is 1.70. The van der Waals surface area contributed by atoms with E-state index >= 15 is 0 Å². The Kier molecular flexibility index (Phi) is 4.20. The fourth-order valence-corrected chi connectivity index (χ4v) is 4.36. The lowest BCUT2D eigenvalue weighted by Crippen LogP contribution is -2.35. The van der Waals surface area contributed by atoms with Crippen LogP contribution in [0.5, 0.6) is 0 Å². The van der Waals surface area contributed by atoms with Gasteiger partial charge in [-0.3, -0.25) is 4.90 Å². The molecular weight excluding hydrogens is 254 g/mol. The smallest absolute Gasteiger partial charge is 0.0352 e. The minimum Gasteiger partial charge on any atom is -0.347 e. The summed E-state index contributed by atoms with van der Waals surface area (Å²) >= 11 is 2.08. The number of fused-ring (bicyclic) bond motifs is 1. The van der Waals surface area contributed by atoms with E-state index in [2.05, 4.69) is 34.2 Å². The molecule has 0 bridgehead atoms. The topological polar surface area (TPSA) is 34.2 Å². The van der Waals surface area contributed by atoms with Gasteiger partial charge in [-0.1, -0.05) is 0 Å². The molecule has 2 N–H and O–H groups in total. The SMILES string of the molecule is Cc1cc2c(n1CCN1CCSCC1)CCCC2N. The summed E-state index contributed by atoms with van der Waals surface area (Å²) < 4.78 is 2.52. The Morgan fingerprint density at radius 1 is 1.32 bits per heavy atom. The molecule has 1 aromatic heterocycles. The third kappa shape index (κ3) is 2.86. The van der Waals surface area contributed by atoms with Crippen molar-refractivity contribution < 1.29 is 0 Å². The van der Waals surface area contributed by atoms with E-state index in [1.54, 1.807) is 0 Å². The third-order valence-electron chi connectivity index (χ3n) is 4.52. The molecule has 4 heteroatoms. The second kappa shape index (κ2) is 5.90. The molecule has 3 rings (SSSR count). The van der Waals surface area contributed by atoms with Crippen LogP contribution in [-0.4, -0.2) is 40.6 Å². The van der Waals surface area contributed by atoms with E-state index in [9.17, 15) is 0 Å². The Bertz CT molecular complexity index is 435. The highest BCUT2D eigenvalue weighted by Gasteiger charge is 2.22. The molecule has 0 radical (unpaired) electrons. The van der Waals surface area contributed by atoms with E-state index in [1.807, 2.05) is 0 Å². The van der Waals surface area contributed by atoms with Gasteiger partial charge in [-0.15, -0.1) is 0 Å². The number of aryl methyl sites for hydroxylation is 1. The largest absolute Gasteiger partial charge is 0.347 e. The monoisotopic (exact) mass is 279 g/mol. The molecule has 106 valence electrons. The normalized spacial score (nSPS) is 24.4. The van der Waals surface area contributed by atoms with Crippen LogP contribution in [0.1, 0.15) is 35.8 Å². The van der Waals surface area contributed by atoms with Gasteiger partial charge in [-0.05, 0) is 37.8 Å². The number of aromatic nitrogens is 1. The van der Waals surface area contributed by atoms with Crippen LogP contribution >= 0.6 is 11.8 Å². The maximum Gasteiger partial charge on any atom is 0.0352 e. The Morgan fingerprint density at radius 2 is 2.11 bits per heavy atom. The van der Waals surface area contributed by atoms with E-state index in [0.29, 0.717) is 0 Å². The molecule has 0 spiro atoms. The van der Waals surface area contributed by atoms with E-state index in [1.165, 1.54) is 60.9 Å². The van der Waals surface area contributed by atoms with E-state index < -0.39 is 0 Å². The van der Waals surface area contributed by atoms with Crippen molar-refractivity contribution in [2.45, 2.75) is 38.8 Å². The highest BCUT2D eigenvalue weighted by atomic mass is 32.2. The summed E-state index contributed by atoms with van der Waals surface area (Å²) in [6.45, 7) is 7.08. The predicted molar refractivity (Wildman–Crippen MR) is 82.8 cm³/mol. The zero-order chi connectivity index (χ0) is 13.2. The van der Waals surface area contributed by atoms with Gasteiger partial charge in [0.1, 0.15) is 0 Å². The predicted octanol–water partition coefficient (Wildman–Crippen LogP) is 2.18. The van der Waals surface area contributed by atoms with Crippen molar-refractivity contribution in [2.24, 2.45) is 5.73 Å². The number of nitrogens with two attached hydrogens (primary N) is 1. The molecule has 1 saturated heterocycles. The van der Waals surface area contributed by atoms with Crippen molar-refractivity contribution in [2.75, 3.05) is 31.1 Å². The lowest BCUT2D eigenvalue weighted by atomic mass is 9.93. The number of thioether (sulfide) groups is 1. The fourth-order valence-electron chi connectivity index (χ4n) is 3.38. The number of hydrogen-bond donors (Lipinski definition) is 1. The second-order valence-corrected chi connectivity index (χ2v) is 7.02. The van der Waals surface area contributed by atoms with Crippen molar-refractivity contribution in [3.63, 3.8) is 0 Å². The van der Waals surface area contributed by atoms with Gasteiger partial charge >= 0.3 is 0 Å². The molecular formula is C15H25N3S. The van der Waals surface area contributed by atoms with Crippen LogP contribution in [0.15, 0.2) is 6.07 Å². The van der Waals surface area contributed by atoms with Gasteiger partial charge in [0, 0.05) is 55.1 Å². The standard InChI is InChI=1S/C15H25N3S/c1-12-11-13-14(16)3-2-4-15(13)18(12)6-5-17-7-9-19-10-8-17/h11,14H,2-10,16H2,1H3. The summed E-state index contributed by atoms with van der Waals surface area (Å²) in [7, 11) is 0. The van der Waals surface area contributed by atoms with E-state index in [0.717, 1.165) is 13.0 Å². The minimum absolute atomic E-state index is 0.273. The number of rotatable bonds is 3. The molecule has 1 aliphatic heterocycles. The summed E-state index contributed by atoms with van der Waals surface area (Å²) in [6.07, 6.45) is 3.62. The quantitative estimate of drug-likeness (QED) is 0.921. The van der Waals surface area contributed by atoms with Crippen LogP contribution in [0.4, 0.5) is 0 Å². The fraction of sp³-hybridized carbons (Fsp3) is 0.733. The second-order valence-electron chi connectivity index (χ2n) is 5.79. The summed E-state index contributed by atoms with van der Waals surface area (Å²) in [5.74, 6) is 2.60. The molecule has 0 aromatic carbocycles. The molecule has 2 aliphatic rings. The summed E-state index contributed by atoms with van der Waals surface area (Å²) in [6, 6.07) is 2.60. The van der Waals surface area contributed by atoms with Crippen LogP contribution in [0.3, 0.4) is 0 Å². The average Bonchev–Trinajstić information content (AvgIpc) is 2.75. The van der Waals surface area contributed by atoms with Gasteiger partial charge in [0.15, 0.2) is 0 Å². The van der Waals surface area contributed by atoms with Gasteiger partial charge < -0.3 is 10.3 Å². The Morgan fingerprint density at radius 3 is 2.89 bits per heavy atom. The molecule has 2 heterocycles. The van der Waals surface area contributed by atoms with Crippen LogP contribution in [0.2, 0.25) is 0 Å². The molecule has 0 saturated carbocycles. The van der Waals surface area contributed by atoms with Crippen LogP contribution in [0.25, 0.3) is 0 Å². The van der Waals surface area contributed by atoms with Crippen LogP contribution in [-0.2, 0) is 13.0 Å². The lowest BCUT2D eigenvalue weighted by molar-refractivity contribution is 0.287. The Labute approximate surface area is 120 Å². The van der Waals surface area contributed by atoms with Crippen molar-refractivity contribution in [1.82, 2.24) is 9.47 Å². The molecule has 0 amide bonds. The maximum absolute atomic E-state index is 6.24. The molecule has 1 aromatic rings. The third-order valence-corrected chi connectivity index (χ3v) is 5.46. The number of hydrogen-bond acceptors (Lipinski definition) is 3. The van der Waals surface area contributed by atoms with Crippen molar-refractivity contribution in [3.8, 4) is 0 Å². The lowest BCUT2D eigenvalue weighted by Gasteiger charge is -2.27. The molecule has 1 aliphatic carbocycles. The molecule has 1 atom stereocenters. The van der Waals surface area contributed by atoms with Crippen molar-refractivity contribution in [1.29, 1.82) is 0 Å². The van der Waals surface area contributed by atoms with Gasteiger partial charge in [-0.25, -0.2) is 0 Å². The van der Waals surface area contributed by atoms with E-state index in [-0.39, 0.29) is 6.04 Å². The first-order valence-corrected chi connectivity index (χ1v) is 8.66. The minimum atomic E-state index is 0.273. The van der Waals surface area contributed by atoms with Crippen molar-refractivity contribution in [3.05, 3.63) is 23.0 Å². The van der Waals surface area contributed by atoms with Crippen LogP contribution in [0, 0.1) is 6.92 Å². The molecule has 1 unspecified atom stereocenters. The summed E-state index contributed by atoms with van der Waals surface area (Å²) in [4.78, 5) is 2.60. The van der Waals surface area contributed by atoms with E-state index in [4.69, 9.17) is 5.73 Å². The molecule has 1 fully saturated rings. The van der Waals surface area contributed by atoms with Gasteiger partial charge in [0.25, 0.3) is 0 Å². The van der Waals surface area contributed by atoms with Crippen molar-refractivity contribution >= 4 is 11.8 Å². The van der Waals surface area contributed by atoms with Crippen LogP contribution < -0.4 is 5.73 Å². The zero-order valence-corrected chi connectivity index (χ0v) is 12.7. The highest BCUT2D eigenvalue weighted by molar-refractivity contribution is 7.99. The average molecular weight is 279 g/mol. The highest BCUT2D eigenvalue weighted by Crippen LogP contribution is 2.30. The molecule has 3 nitrogen and oxygen atoms in total. The first-order valence-electron chi connectivity index (χ1n) is 7.50. The summed E-state index contributed by atoms with van der Waals surface area (Å²) in [5, 5.41) is 0.